The molecule has 1 saturated carbocycles. The molecule has 2 aromatic heterocycles. The average Bonchev–Trinajstić information content (AvgIpc) is 3.20. The van der Waals surface area contributed by atoms with E-state index in [1.165, 1.54) is 12.8 Å². The Morgan fingerprint density at radius 2 is 1.88 bits per heavy atom. The molecule has 0 amide bonds. The van der Waals surface area contributed by atoms with Gasteiger partial charge in [0.2, 0.25) is 0 Å². The Balaban J connectivity index is 1.90. The van der Waals surface area contributed by atoms with Gasteiger partial charge in [-0.2, -0.15) is 5.10 Å². The first-order valence-corrected chi connectivity index (χ1v) is 9.41. The molecule has 1 aliphatic carbocycles. The number of H-pyrrole nitrogens is 1. The number of hydrogen-bond donors (Lipinski definition) is 1. The normalized spacial score (nSPS) is 21.2. The molecule has 7 heteroatoms. The van der Waals surface area contributed by atoms with Crippen LogP contribution in [-0.4, -0.2) is 24.6 Å². The Morgan fingerprint density at radius 3 is 2.50 bits per heavy atom. The first-order valence-electron chi connectivity index (χ1n) is 8.53. The van der Waals surface area contributed by atoms with Gasteiger partial charge in [0.25, 0.3) is 5.56 Å². The fourth-order valence-electron chi connectivity index (χ4n) is 4.01. The third-order valence-electron chi connectivity index (χ3n) is 5.27. The largest absolute Gasteiger partial charge is 0.272 e. The summed E-state index contributed by atoms with van der Waals surface area (Å²) in [4.78, 5) is 17.5. The van der Waals surface area contributed by atoms with Gasteiger partial charge >= 0.3 is 0 Å². The molecule has 24 heavy (non-hydrogen) atoms. The predicted molar refractivity (Wildman–Crippen MR) is 97.4 cm³/mol. The van der Waals surface area contributed by atoms with Crippen molar-refractivity contribution in [3.05, 3.63) is 32.9 Å². The predicted octanol–water partition coefficient (Wildman–Crippen LogP) is 3.53. The lowest BCUT2D eigenvalue weighted by Crippen LogP contribution is -2.14. The maximum Gasteiger partial charge on any atom is 0.271 e. The van der Waals surface area contributed by atoms with E-state index in [-0.39, 0.29) is 10.8 Å². The lowest BCUT2D eigenvalue weighted by atomic mass is 10.0. The lowest BCUT2D eigenvalue weighted by Gasteiger charge is -2.22. The summed E-state index contributed by atoms with van der Waals surface area (Å²) in [6.07, 6.45) is 4.69. The van der Waals surface area contributed by atoms with E-state index in [2.05, 4.69) is 17.1 Å². The van der Waals surface area contributed by atoms with E-state index in [0.717, 1.165) is 46.2 Å². The summed E-state index contributed by atoms with van der Waals surface area (Å²) < 4.78 is 3.93. The highest BCUT2D eigenvalue weighted by molar-refractivity contribution is 8.14. The van der Waals surface area contributed by atoms with Crippen LogP contribution in [0, 0.1) is 13.8 Å². The number of aromatic amines is 1. The van der Waals surface area contributed by atoms with E-state index in [1.807, 2.05) is 30.3 Å². The zero-order valence-electron chi connectivity index (χ0n) is 14.6. The van der Waals surface area contributed by atoms with Gasteiger partial charge in [-0.15, -0.1) is 0 Å². The molecule has 2 aliphatic rings. The van der Waals surface area contributed by atoms with Crippen molar-refractivity contribution >= 4 is 22.6 Å². The zero-order chi connectivity index (χ0) is 17.0. The number of hydrogen-bond acceptors (Lipinski definition) is 4. The summed E-state index contributed by atoms with van der Waals surface area (Å²) in [6.45, 7) is 6.11. The van der Waals surface area contributed by atoms with Crippen LogP contribution in [0.15, 0.2) is 9.79 Å². The third kappa shape index (κ3) is 2.29. The van der Waals surface area contributed by atoms with Crippen LogP contribution in [0.25, 0.3) is 0 Å². The van der Waals surface area contributed by atoms with Gasteiger partial charge in [-0.25, -0.2) is 4.99 Å². The molecule has 0 aromatic carbocycles. The van der Waals surface area contributed by atoms with Crippen molar-refractivity contribution in [1.82, 2.24) is 19.6 Å². The smallest absolute Gasteiger partial charge is 0.271 e. The number of rotatable bonds is 2. The molecule has 4 rings (SSSR count). The summed E-state index contributed by atoms with van der Waals surface area (Å²) in [5.41, 5.74) is 4.03. The van der Waals surface area contributed by atoms with E-state index < -0.39 is 0 Å². The van der Waals surface area contributed by atoms with Crippen LogP contribution in [0.3, 0.4) is 0 Å². The quantitative estimate of drug-likeness (QED) is 0.905. The minimum atomic E-state index is -0.0300. The second-order valence-electron chi connectivity index (χ2n) is 6.82. The summed E-state index contributed by atoms with van der Waals surface area (Å²) in [5, 5.41) is 8.59. The summed E-state index contributed by atoms with van der Waals surface area (Å²) >= 11 is 1.66. The van der Waals surface area contributed by atoms with Crippen LogP contribution in [0.4, 0.5) is 5.82 Å². The number of aromatic nitrogens is 4. The molecule has 2 aromatic rings. The maximum atomic E-state index is 12.8. The average molecular weight is 345 g/mol. The first kappa shape index (κ1) is 15.7. The number of thioether (sulfide) groups is 1. The van der Waals surface area contributed by atoms with Crippen molar-refractivity contribution in [3.63, 3.8) is 0 Å². The second kappa shape index (κ2) is 5.65. The molecule has 1 N–H and O–H groups in total. The van der Waals surface area contributed by atoms with Gasteiger partial charge in [0.05, 0.1) is 27.6 Å². The second-order valence-corrected chi connectivity index (χ2v) is 8.12. The molecule has 128 valence electrons. The van der Waals surface area contributed by atoms with Crippen molar-refractivity contribution in [1.29, 1.82) is 0 Å². The molecule has 0 radical (unpaired) electrons. The molecule has 0 unspecified atom stereocenters. The van der Waals surface area contributed by atoms with Crippen molar-refractivity contribution in [3.8, 4) is 0 Å². The number of nitrogens with one attached hydrogen (secondary N) is 1. The molecule has 3 heterocycles. The van der Waals surface area contributed by atoms with Gasteiger partial charge < -0.3 is 0 Å². The molecule has 0 saturated heterocycles. The van der Waals surface area contributed by atoms with E-state index >= 15 is 0 Å². The van der Waals surface area contributed by atoms with Crippen LogP contribution < -0.4 is 5.56 Å². The van der Waals surface area contributed by atoms with E-state index in [4.69, 9.17) is 4.99 Å². The van der Waals surface area contributed by atoms with Crippen LogP contribution in [0.2, 0.25) is 0 Å². The van der Waals surface area contributed by atoms with Crippen LogP contribution in [-0.2, 0) is 7.05 Å². The third-order valence-corrected chi connectivity index (χ3v) is 6.41. The molecule has 0 bridgehead atoms. The molecular weight excluding hydrogens is 322 g/mol. The Labute approximate surface area is 145 Å². The summed E-state index contributed by atoms with van der Waals surface area (Å²) in [7, 11) is 1.95. The molecule has 1 atom stereocenters. The molecular formula is C17H23N5OS. The monoisotopic (exact) mass is 345 g/mol. The van der Waals surface area contributed by atoms with E-state index in [0.29, 0.717) is 6.04 Å². The van der Waals surface area contributed by atoms with E-state index in [1.54, 1.807) is 11.8 Å². The minimum Gasteiger partial charge on any atom is -0.272 e. The lowest BCUT2D eigenvalue weighted by molar-refractivity contribution is 0.468. The molecule has 6 nitrogen and oxygen atoms in total. The number of fused-ring (bicyclic) bond motifs is 1. The molecule has 0 spiro atoms. The number of aliphatic imine (C=N–C) groups is 1. The van der Waals surface area contributed by atoms with Crippen LogP contribution in [0.1, 0.15) is 66.4 Å². The van der Waals surface area contributed by atoms with Crippen LogP contribution >= 0.6 is 11.8 Å². The zero-order valence-corrected chi connectivity index (χ0v) is 15.4. The minimum absolute atomic E-state index is 0.00620. The van der Waals surface area contributed by atoms with Gasteiger partial charge in [-0.05, 0) is 33.6 Å². The Morgan fingerprint density at radius 1 is 1.17 bits per heavy atom. The van der Waals surface area contributed by atoms with Gasteiger partial charge in [0.1, 0.15) is 0 Å². The summed E-state index contributed by atoms with van der Waals surface area (Å²) in [5.74, 6) is 0.829. The van der Waals surface area contributed by atoms with Crippen LogP contribution in [0.5, 0.6) is 0 Å². The topological polar surface area (TPSA) is 68.0 Å². The first-order chi connectivity index (χ1) is 11.5. The van der Waals surface area contributed by atoms with Gasteiger partial charge in [-0.3, -0.25) is 19.3 Å². The Bertz CT molecular complexity index is 882. The standard InChI is InChI=1S/C17H23N5OS/c1-9-13(10(2)21(4)19-9)15-14-16(18-11(3)24-15)22(20-17(14)23)12-7-5-6-8-12/h12,15H,5-8H2,1-4H3,(H,20,23)/t15-/m1/s1. The van der Waals surface area contributed by atoms with Gasteiger partial charge in [0, 0.05) is 18.3 Å². The maximum absolute atomic E-state index is 12.8. The highest BCUT2D eigenvalue weighted by atomic mass is 32.2. The Hall–Kier alpha value is -1.76. The SMILES string of the molecule is CC1=Nc2c(c(=O)[nH]n2C2CCCC2)[C@@H](c2c(C)nn(C)c2C)S1. The highest BCUT2D eigenvalue weighted by Crippen LogP contribution is 2.46. The highest BCUT2D eigenvalue weighted by Gasteiger charge is 2.35. The van der Waals surface area contributed by atoms with Crippen molar-refractivity contribution in [2.45, 2.75) is 57.7 Å². The fraction of sp³-hybridized carbons (Fsp3) is 0.588. The van der Waals surface area contributed by atoms with Crippen molar-refractivity contribution in [2.75, 3.05) is 0 Å². The number of aryl methyl sites for hydroxylation is 2. The van der Waals surface area contributed by atoms with Crippen molar-refractivity contribution < 1.29 is 0 Å². The molecule has 1 fully saturated rings. The van der Waals surface area contributed by atoms with Gasteiger partial charge in [0.15, 0.2) is 5.82 Å². The molecule has 1 aliphatic heterocycles. The van der Waals surface area contributed by atoms with Gasteiger partial charge in [-0.1, -0.05) is 24.6 Å². The van der Waals surface area contributed by atoms with E-state index in [9.17, 15) is 4.79 Å². The van der Waals surface area contributed by atoms with Crippen molar-refractivity contribution in [2.24, 2.45) is 12.0 Å². The Kier molecular flexibility index (Phi) is 3.71. The summed E-state index contributed by atoms with van der Waals surface area (Å²) in [6, 6.07) is 0.373. The number of nitrogens with zero attached hydrogens (tertiary/aromatic N) is 4. The fourth-order valence-corrected chi connectivity index (χ4v) is 5.28.